The van der Waals surface area contributed by atoms with Crippen LogP contribution in [-0.2, 0) is 14.3 Å². The number of hydrogen-bond acceptors (Lipinski definition) is 4. The van der Waals surface area contributed by atoms with Crippen molar-refractivity contribution in [2.45, 2.75) is 19.3 Å². The van der Waals surface area contributed by atoms with E-state index in [1.165, 1.54) is 7.11 Å². The zero-order valence-corrected chi connectivity index (χ0v) is 8.77. The fraction of sp³-hybridized carbons (Fsp3) is 0.600. The highest BCUT2D eigenvalue weighted by Crippen LogP contribution is 2.09. The Morgan fingerprint density at radius 3 is 2.47 bits per heavy atom. The summed E-state index contributed by atoms with van der Waals surface area (Å²) in [6, 6.07) is 0. The predicted octanol–water partition coefficient (Wildman–Crippen LogP) is 1.30. The Hall–Kier alpha value is -1.52. The molecule has 0 aromatic rings. The molecule has 0 aromatic heterocycles. The highest BCUT2D eigenvalue weighted by Gasteiger charge is 2.16. The van der Waals surface area contributed by atoms with Gasteiger partial charge in [-0.2, -0.15) is 0 Å². The molecule has 0 spiro atoms. The first kappa shape index (κ1) is 11.6. The van der Waals surface area contributed by atoms with Crippen molar-refractivity contribution in [3.8, 4) is 0 Å². The van der Waals surface area contributed by atoms with Crippen LogP contribution in [0.25, 0.3) is 0 Å². The summed E-state index contributed by atoms with van der Waals surface area (Å²) in [5.74, 6) is -0.540. The van der Waals surface area contributed by atoms with Gasteiger partial charge in [0.1, 0.15) is 6.26 Å². The summed E-state index contributed by atoms with van der Waals surface area (Å²) < 4.78 is 9.11. The summed E-state index contributed by atoms with van der Waals surface area (Å²) >= 11 is 0. The van der Waals surface area contributed by atoms with Crippen LogP contribution in [0.5, 0.6) is 0 Å². The first-order valence-corrected chi connectivity index (χ1v) is 4.94. The maximum atomic E-state index is 11.4. The van der Waals surface area contributed by atoms with Crippen molar-refractivity contribution in [2.24, 2.45) is 0 Å². The molecule has 1 saturated heterocycles. The van der Waals surface area contributed by atoms with Crippen molar-refractivity contribution in [3.05, 3.63) is 12.3 Å². The van der Waals surface area contributed by atoms with E-state index >= 15 is 0 Å². The zero-order valence-electron chi connectivity index (χ0n) is 8.77. The van der Waals surface area contributed by atoms with Crippen LogP contribution in [-0.4, -0.2) is 37.2 Å². The molecule has 84 valence electrons. The molecular formula is C10H15NO4. The molecule has 0 N–H and O–H groups in total. The second kappa shape index (κ2) is 6.06. The molecule has 0 aliphatic carbocycles. The average Bonchev–Trinajstić information content (AvgIpc) is 2.29. The smallest absolute Gasteiger partial charge is 0.414 e. The first-order valence-electron chi connectivity index (χ1n) is 4.94. The first-order chi connectivity index (χ1) is 7.24. The van der Waals surface area contributed by atoms with Crippen LogP contribution in [0.15, 0.2) is 12.3 Å². The molecule has 15 heavy (non-hydrogen) atoms. The standard InChI is InChI=1S/C10H15NO4/c1-14-9(12)5-8-15-10(13)11-6-3-2-4-7-11/h5,8H,2-4,6-7H2,1H3. The molecule has 1 aliphatic rings. The van der Waals surface area contributed by atoms with E-state index in [1.807, 2.05) is 0 Å². The van der Waals surface area contributed by atoms with Gasteiger partial charge in [-0.15, -0.1) is 0 Å². The molecule has 0 saturated carbocycles. The van der Waals surface area contributed by atoms with Crippen LogP contribution >= 0.6 is 0 Å². The van der Waals surface area contributed by atoms with Crippen LogP contribution in [0.1, 0.15) is 19.3 Å². The number of likely N-dealkylation sites (tertiary alicyclic amines) is 1. The number of carbonyl (C=O) groups is 2. The summed E-state index contributed by atoms with van der Waals surface area (Å²) in [7, 11) is 1.26. The number of ether oxygens (including phenoxy) is 2. The van der Waals surface area contributed by atoms with E-state index in [0.717, 1.165) is 44.7 Å². The quantitative estimate of drug-likeness (QED) is 0.394. The SMILES string of the molecule is COC(=O)C=COC(=O)N1CCCCC1. The normalized spacial score (nSPS) is 16.5. The number of rotatable bonds is 2. The summed E-state index contributed by atoms with van der Waals surface area (Å²) in [6.45, 7) is 1.45. The lowest BCUT2D eigenvalue weighted by molar-refractivity contribution is -0.134. The van der Waals surface area contributed by atoms with Crippen molar-refractivity contribution in [2.75, 3.05) is 20.2 Å². The molecule has 1 rings (SSSR count). The number of methoxy groups -OCH3 is 1. The van der Waals surface area contributed by atoms with Crippen LogP contribution in [0.4, 0.5) is 4.79 Å². The Bertz CT molecular complexity index is 256. The maximum Gasteiger partial charge on any atom is 0.414 e. The molecule has 5 heteroatoms. The summed E-state index contributed by atoms with van der Waals surface area (Å²) in [6.07, 6.45) is 4.90. The molecular weight excluding hydrogens is 198 g/mol. The highest BCUT2D eigenvalue weighted by molar-refractivity contribution is 5.82. The predicted molar refractivity (Wildman–Crippen MR) is 53.1 cm³/mol. The van der Waals surface area contributed by atoms with Crippen molar-refractivity contribution in [3.63, 3.8) is 0 Å². The van der Waals surface area contributed by atoms with Crippen LogP contribution in [0.3, 0.4) is 0 Å². The topological polar surface area (TPSA) is 55.8 Å². The van der Waals surface area contributed by atoms with Crippen molar-refractivity contribution in [1.29, 1.82) is 0 Å². The minimum atomic E-state index is -0.540. The van der Waals surface area contributed by atoms with E-state index < -0.39 is 12.1 Å². The van der Waals surface area contributed by atoms with E-state index in [2.05, 4.69) is 4.74 Å². The van der Waals surface area contributed by atoms with E-state index in [4.69, 9.17) is 4.74 Å². The molecule has 0 atom stereocenters. The Balaban J connectivity index is 2.28. The Morgan fingerprint density at radius 2 is 1.87 bits per heavy atom. The van der Waals surface area contributed by atoms with Crippen molar-refractivity contribution in [1.82, 2.24) is 4.90 Å². The van der Waals surface area contributed by atoms with E-state index in [1.54, 1.807) is 4.90 Å². The minimum absolute atomic E-state index is 0.408. The summed E-state index contributed by atoms with van der Waals surface area (Å²) in [5, 5.41) is 0. The molecule has 5 nitrogen and oxygen atoms in total. The van der Waals surface area contributed by atoms with Crippen LogP contribution in [0.2, 0.25) is 0 Å². The number of nitrogens with zero attached hydrogens (tertiary/aromatic N) is 1. The molecule has 0 unspecified atom stereocenters. The van der Waals surface area contributed by atoms with Gasteiger partial charge in [-0.25, -0.2) is 9.59 Å². The molecule has 0 radical (unpaired) electrons. The number of amides is 1. The fourth-order valence-electron chi connectivity index (χ4n) is 1.37. The number of carbonyl (C=O) groups excluding carboxylic acids is 2. The molecule has 1 fully saturated rings. The van der Waals surface area contributed by atoms with Gasteiger partial charge in [-0.1, -0.05) is 0 Å². The highest BCUT2D eigenvalue weighted by atomic mass is 16.6. The Morgan fingerprint density at radius 1 is 1.20 bits per heavy atom. The maximum absolute atomic E-state index is 11.4. The summed E-state index contributed by atoms with van der Waals surface area (Å²) in [4.78, 5) is 23.7. The lowest BCUT2D eigenvalue weighted by Gasteiger charge is -2.24. The van der Waals surface area contributed by atoms with Gasteiger partial charge in [0.25, 0.3) is 0 Å². The van der Waals surface area contributed by atoms with Gasteiger partial charge in [-0.3, -0.25) is 0 Å². The number of esters is 1. The van der Waals surface area contributed by atoms with Crippen molar-refractivity contribution >= 4 is 12.1 Å². The molecule has 1 amide bonds. The molecule has 0 aromatic carbocycles. The van der Waals surface area contributed by atoms with Gasteiger partial charge in [0.2, 0.25) is 0 Å². The lowest BCUT2D eigenvalue weighted by Crippen LogP contribution is -2.35. The van der Waals surface area contributed by atoms with Gasteiger partial charge in [0, 0.05) is 13.1 Å². The van der Waals surface area contributed by atoms with Crippen LogP contribution < -0.4 is 0 Å². The number of piperidine rings is 1. The largest absolute Gasteiger partial charge is 0.466 e. The van der Waals surface area contributed by atoms with Gasteiger partial charge in [-0.05, 0) is 19.3 Å². The summed E-state index contributed by atoms with van der Waals surface area (Å²) in [5.41, 5.74) is 0. The Labute approximate surface area is 88.6 Å². The lowest BCUT2D eigenvalue weighted by atomic mass is 10.1. The second-order valence-electron chi connectivity index (χ2n) is 3.26. The third-order valence-corrected chi connectivity index (χ3v) is 2.19. The third kappa shape index (κ3) is 4.01. The molecule has 1 heterocycles. The minimum Gasteiger partial charge on any atom is -0.466 e. The number of hydrogen-bond donors (Lipinski definition) is 0. The molecule has 0 bridgehead atoms. The third-order valence-electron chi connectivity index (χ3n) is 2.19. The monoisotopic (exact) mass is 213 g/mol. The van der Waals surface area contributed by atoms with E-state index in [0.29, 0.717) is 0 Å². The zero-order chi connectivity index (χ0) is 11.1. The second-order valence-corrected chi connectivity index (χ2v) is 3.26. The van der Waals surface area contributed by atoms with Gasteiger partial charge >= 0.3 is 12.1 Å². The van der Waals surface area contributed by atoms with Crippen molar-refractivity contribution < 1.29 is 19.1 Å². The molecule has 1 aliphatic heterocycles. The fourth-order valence-corrected chi connectivity index (χ4v) is 1.37. The van der Waals surface area contributed by atoms with E-state index in [9.17, 15) is 9.59 Å². The Kier molecular flexibility index (Phi) is 4.66. The van der Waals surface area contributed by atoms with Gasteiger partial charge in [0.05, 0.1) is 13.2 Å². The van der Waals surface area contributed by atoms with E-state index in [-0.39, 0.29) is 0 Å². The average molecular weight is 213 g/mol. The van der Waals surface area contributed by atoms with Crippen LogP contribution in [0, 0.1) is 0 Å². The van der Waals surface area contributed by atoms with Gasteiger partial charge in [0.15, 0.2) is 0 Å². The van der Waals surface area contributed by atoms with Gasteiger partial charge < -0.3 is 14.4 Å².